The molecule has 37 heavy (non-hydrogen) atoms. The van der Waals surface area contributed by atoms with Crippen molar-refractivity contribution in [1.29, 1.82) is 0 Å². The highest BCUT2D eigenvalue weighted by atomic mass is 32.2. The Hall–Kier alpha value is -4.10. The molecule has 0 aliphatic carbocycles. The molecule has 5 nitrogen and oxygen atoms in total. The first kappa shape index (κ1) is 23.3. The van der Waals surface area contributed by atoms with E-state index in [0.717, 1.165) is 12.0 Å². The fraction of sp³-hybridized carbons (Fsp3) is 0.133. The van der Waals surface area contributed by atoms with Crippen LogP contribution in [0.25, 0.3) is 0 Å². The molecule has 7 heteroatoms. The summed E-state index contributed by atoms with van der Waals surface area (Å²) in [5.41, 5.74) is 3.73. The molecular formula is C30H23FN2O3S. The molecule has 1 atom stereocenters. The highest BCUT2D eigenvalue weighted by molar-refractivity contribution is 7.85. The highest BCUT2D eigenvalue weighted by Crippen LogP contribution is 2.36. The highest BCUT2D eigenvalue weighted by Gasteiger charge is 2.32. The predicted octanol–water partition coefficient (Wildman–Crippen LogP) is 5.35. The molecule has 4 aromatic carbocycles. The summed E-state index contributed by atoms with van der Waals surface area (Å²) in [7, 11) is -1.65. The number of nitrogens with zero attached hydrogens (tertiary/aromatic N) is 2. The molecule has 2 aliphatic heterocycles. The Balaban J connectivity index is 1.43. The fourth-order valence-electron chi connectivity index (χ4n) is 5.00. The number of halogens is 1. The molecule has 0 N–H and O–H groups in total. The molecule has 2 amide bonds. The van der Waals surface area contributed by atoms with Gasteiger partial charge in [0.1, 0.15) is 5.82 Å². The van der Waals surface area contributed by atoms with Crippen LogP contribution in [0.2, 0.25) is 0 Å². The second kappa shape index (κ2) is 9.41. The summed E-state index contributed by atoms with van der Waals surface area (Å²) in [4.78, 5) is 31.4. The van der Waals surface area contributed by atoms with Crippen LogP contribution in [-0.2, 0) is 30.3 Å². The van der Waals surface area contributed by atoms with Crippen LogP contribution in [0, 0.1) is 5.82 Å². The number of carbonyl (C=O) groups excluding carboxylic acids is 2. The molecule has 0 saturated carbocycles. The molecule has 184 valence electrons. The van der Waals surface area contributed by atoms with Gasteiger partial charge in [-0.1, -0.05) is 54.6 Å². The summed E-state index contributed by atoms with van der Waals surface area (Å²) in [6.45, 7) is 1.03. The maximum atomic E-state index is 14.6. The van der Waals surface area contributed by atoms with Crippen LogP contribution < -0.4 is 4.90 Å². The van der Waals surface area contributed by atoms with E-state index in [-0.39, 0.29) is 18.4 Å². The standard InChI is InChI=1S/C30H23FN2O3S/c31-25-11-5-3-9-23(25)19-33-26-17-21(29(34)32-16-15-20-7-1-2-8-22(20)18-32)13-14-28(26)37(36)27-12-6-4-10-24(27)30(33)35/h1-14,17H,15-16,18-19H2. The normalized spacial score (nSPS) is 16.5. The Morgan fingerprint density at radius 3 is 2.43 bits per heavy atom. The Morgan fingerprint density at radius 1 is 0.865 bits per heavy atom. The number of anilines is 1. The third-order valence-electron chi connectivity index (χ3n) is 6.96. The van der Waals surface area contributed by atoms with Crippen LogP contribution >= 0.6 is 0 Å². The maximum Gasteiger partial charge on any atom is 0.259 e. The van der Waals surface area contributed by atoms with Crippen LogP contribution in [0.15, 0.2) is 101 Å². The lowest BCUT2D eigenvalue weighted by Gasteiger charge is -2.29. The van der Waals surface area contributed by atoms with Gasteiger partial charge in [0.05, 0.1) is 38.4 Å². The van der Waals surface area contributed by atoms with Crippen molar-refractivity contribution < 1.29 is 18.2 Å². The van der Waals surface area contributed by atoms with E-state index in [4.69, 9.17) is 0 Å². The zero-order valence-electron chi connectivity index (χ0n) is 19.9. The summed E-state index contributed by atoms with van der Waals surface area (Å²) in [5.74, 6) is -0.986. The first-order valence-corrected chi connectivity index (χ1v) is 13.2. The van der Waals surface area contributed by atoms with E-state index < -0.39 is 16.6 Å². The van der Waals surface area contributed by atoms with Crippen molar-refractivity contribution in [2.75, 3.05) is 11.4 Å². The van der Waals surface area contributed by atoms with E-state index in [1.54, 1.807) is 65.6 Å². The van der Waals surface area contributed by atoms with E-state index in [9.17, 15) is 18.2 Å². The fourth-order valence-corrected chi connectivity index (χ4v) is 6.35. The van der Waals surface area contributed by atoms with E-state index in [1.165, 1.54) is 16.5 Å². The SMILES string of the molecule is O=C(c1ccc2c(c1)N(Cc1ccccc1F)C(=O)c1ccccc1S2=O)N1CCc2ccccc2C1. The Morgan fingerprint density at radius 2 is 1.59 bits per heavy atom. The Labute approximate surface area is 216 Å². The molecule has 2 aliphatic rings. The molecule has 4 aromatic rings. The lowest BCUT2D eigenvalue weighted by Crippen LogP contribution is -2.36. The molecule has 2 heterocycles. The zero-order valence-corrected chi connectivity index (χ0v) is 20.7. The van der Waals surface area contributed by atoms with Crippen molar-refractivity contribution in [3.05, 3.63) is 125 Å². The van der Waals surface area contributed by atoms with Gasteiger partial charge < -0.3 is 9.80 Å². The van der Waals surface area contributed by atoms with E-state index in [0.29, 0.717) is 45.3 Å². The Bertz CT molecular complexity index is 1580. The van der Waals surface area contributed by atoms with Gasteiger partial charge in [-0.05, 0) is 53.9 Å². The van der Waals surface area contributed by atoms with Crippen molar-refractivity contribution in [3.8, 4) is 0 Å². The second-order valence-corrected chi connectivity index (χ2v) is 10.6. The average Bonchev–Trinajstić information content (AvgIpc) is 3.02. The number of carbonyl (C=O) groups is 2. The van der Waals surface area contributed by atoms with Crippen molar-refractivity contribution >= 4 is 28.3 Å². The number of rotatable bonds is 3. The second-order valence-electron chi connectivity index (χ2n) is 9.18. The lowest BCUT2D eigenvalue weighted by molar-refractivity contribution is 0.0734. The monoisotopic (exact) mass is 510 g/mol. The van der Waals surface area contributed by atoms with Gasteiger partial charge in [-0.2, -0.15) is 0 Å². The minimum Gasteiger partial charge on any atom is -0.334 e. The van der Waals surface area contributed by atoms with Crippen molar-refractivity contribution in [2.45, 2.75) is 29.3 Å². The summed E-state index contributed by atoms with van der Waals surface area (Å²) >= 11 is 0. The van der Waals surface area contributed by atoms with Crippen molar-refractivity contribution in [1.82, 2.24) is 4.90 Å². The van der Waals surface area contributed by atoms with Gasteiger partial charge in [-0.3, -0.25) is 9.59 Å². The third kappa shape index (κ3) is 4.15. The largest absolute Gasteiger partial charge is 0.334 e. The topological polar surface area (TPSA) is 57.7 Å². The maximum absolute atomic E-state index is 14.6. The number of hydrogen-bond donors (Lipinski definition) is 0. The quantitative estimate of drug-likeness (QED) is 0.373. The van der Waals surface area contributed by atoms with Gasteiger partial charge in [-0.15, -0.1) is 0 Å². The first-order valence-electron chi connectivity index (χ1n) is 12.1. The summed E-state index contributed by atoms with van der Waals surface area (Å²) in [6.07, 6.45) is 0.768. The van der Waals surface area contributed by atoms with Gasteiger partial charge >= 0.3 is 0 Å². The molecule has 6 rings (SSSR count). The van der Waals surface area contributed by atoms with Gasteiger partial charge in [0, 0.05) is 24.2 Å². The van der Waals surface area contributed by atoms with E-state index in [1.807, 2.05) is 18.2 Å². The van der Waals surface area contributed by atoms with Crippen LogP contribution in [0.4, 0.5) is 10.1 Å². The molecular weight excluding hydrogens is 487 g/mol. The van der Waals surface area contributed by atoms with Crippen LogP contribution in [0.1, 0.15) is 37.4 Å². The summed E-state index contributed by atoms with van der Waals surface area (Å²) < 4.78 is 28.3. The van der Waals surface area contributed by atoms with E-state index >= 15 is 0 Å². The van der Waals surface area contributed by atoms with Gasteiger partial charge in [0.15, 0.2) is 0 Å². The van der Waals surface area contributed by atoms with Gasteiger partial charge in [-0.25, -0.2) is 8.60 Å². The van der Waals surface area contributed by atoms with Crippen molar-refractivity contribution in [2.24, 2.45) is 0 Å². The van der Waals surface area contributed by atoms with Gasteiger partial charge in [0.2, 0.25) is 0 Å². The molecule has 1 unspecified atom stereocenters. The molecule has 0 radical (unpaired) electrons. The molecule has 0 aromatic heterocycles. The number of hydrogen-bond acceptors (Lipinski definition) is 3. The van der Waals surface area contributed by atoms with Gasteiger partial charge in [0.25, 0.3) is 11.8 Å². The average molecular weight is 511 g/mol. The molecule has 0 saturated heterocycles. The number of benzene rings is 4. The minimum atomic E-state index is -1.65. The number of fused-ring (bicyclic) bond motifs is 3. The van der Waals surface area contributed by atoms with Crippen LogP contribution in [-0.4, -0.2) is 27.5 Å². The first-order chi connectivity index (χ1) is 18.0. The predicted molar refractivity (Wildman–Crippen MR) is 139 cm³/mol. The molecule has 0 bridgehead atoms. The summed E-state index contributed by atoms with van der Waals surface area (Å²) in [5, 5.41) is 0. The van der Waals surface area contributed by atoms with Crippen molar-refractivity contribution in [3.63, 3.8) is 0 Å². The third-order valence-corrected chi connectivity index (χ3v) is 8.46. The number of amides is 2. The van der Waals surface area contributed by atoms with Crippen LogP contribution in [0.3, 0.4) is 0 Å². The smallest absolute Gasteiger partial charge is 0.259 e. The zero-order chi connectivity index (χ0) is 25.5. The summed E-state index contributed by atoms with van der Waals surface area (Å²) in [6, 6.07) is 26.1. The molecule has 0 fully saturated rings. The Kier molecular flexibility index (Phi) is 5.93. The molecule has 0 spiro atoms. The lowest BCUT2D eigenvalue weighted by atomic mass is 9.99. The minimum absolute atomic E-state index is 0.0568. The van der Waals surface area contributed by atoms with Crippen LogP contribution in [0.5, 0.6) is 0 Å². The van der Waals surface area contributed by atoms with E-state index in [2.05, 4.69) is 6.07 Å².